The monoisotopic (exact) mass is 265 g/mol. The van der Waals surface area contributed by atoms with E-state index >= 15 is 0 Å². The first kappa shape index (κ1) is 15.1. The van der Waals surface area contributed by atoms with Crippen LogP contribution in [-0.2, 0) is 9.53 Å². The number of nitrogens with zero attached hydrogens (tertiary/aromatic N) is 1. The molecule has 0 aliphatic heterocycles. The number of hydrogen-bond donors (Lipinski definition) is 0. The molecule has 0 aliphatic rings. The lowest BCUT2D eigenvalue weighted by Crippen LogP contribution is -2.24. The molecule has 104 valence electrons. The maximum atomic E-state index is 11.4. The lowest BCUT2D eigenvalue weighted by molar-refractivity contribution is -0.155. The van der Waals surface area contributed by atoms with Crippen LogP contribution in [0.4, 0.5) is 0 Å². The topological polar surface area (TPSA) is 65.5 Å². The summed E-state index contributed by atoms with van der Waals surface area (Å²) in [6.45, 7) is 5.79. The van der Waals surface area contributed by atoms with Crippen molar-refractivity contribution in [3.63, 3.8) is 0 Å². The highest BCUT2D eigenvalue weighted by Crippen LogP contribution is 2.13. The average molecular weight is 265 g/mol. The molecule has 1 aromatic rings. The Labute approximate surface area is 112 Å². The minimum absolute atomic E-state index is 0.257. The highest BCUT2D eigenvalue weighted by molar-refractivity contribution is 5.77. The fourth-order valence-corrected chi connectivity index (χ4v) is 1.39. The van der Waals surface area contributed by atoms with Gasteiger partial charge in [-0.25, -0.2) is 4.98 Å². The van der Waals surface area contributed by atoms with E-state index in [4.69, 9.17) is 9.47 Å². The molecular weight excluding hydrogens is 246 g/mol. The lowest BCUT2D eigenvalue weighted by atomic mass is 10.2. The molecule has 1 heterocycles. The fourth-order valence-electron chi connectivity index (χ4n) is 1.39. The molecule has 0 bridgehead atoms. The SMILES string of the molecule is CC(C)(C)OC(=O)CCCOc1ncccc1C=O. The van der Waals surface area contributed by atoms with E-state index in [2.05, 4.69) is 4.98 Å². The first-order valence-electron chi connectivity index (χ1n) is 6.17. The van der Waals surface area contributed by atoms with Gasteiger partial charge in [0.2, 0.25) is 5.88 Å². The Bertz CT molecular complexity index is 437. The van der Waals surface area contributed by atoms with Gasteiger partial charge in [-0.1, -0.05) is 0 Å². The summed E-state index contributed by atoms with van der Waals surface area (Å²) in [6, 6.07) is 3.29. The van der Waals surface area contributed by atoms with Crippen LogP contribution in [0.15, 0.2) is 18.3 Å². The molecule has 0 aliphatic carbocycles. The number of rotatable bonds is 6. The molecule has 0 aromatic carbocycles. The van der Waals surface area contributed by atoms with Crippen LogP contribution in [0, 0.1) is 0 Å². The summed E-state index contributed by atoms with van der Waals surface area (Å²) >= 11 is 0. The van der Waals surface area contributed by atoms with Gasteiger partial charge in [-0.3, -0.25) is 9.59 Å². The Hall–Kier alpha value is -1.91. The van der Waals surface area contributed by atoms with Crippen LogP contribution in [-0.4, -0.2) is 29.4 Å². The van der Waals surface area contributed by atoms with Gasteiger partial charge in [0.15, 0.2) is 6.29 Å². The molecule has 0 saturated heterocycles. The van der Waals surface area contributed by atoms with Gasteiger partial charge in [-0.15, -0.1) is 0 Å². The van der Waals surface area contributed by atoms with E-state index in [1.165, 1.54) is 0 Å². The van der Waals surface area contributed by atoms with E-state index in [9.17, 15) is 9.59 Å². The highest BCUT2D eigenvalue weighted by atomic mass is 16.6. The van der Waals surface area contributed by atoms with Crippen molar-refractivity contribution in [2.75, 3.05) is 6.61 Å². The molecule has 0 fully saturated rings. The van der Waals surface area contributed by atoms with Crippen LogP contribution in [0.2, 0.25) is 0 Å². The summed E-state index contributed by atoms with van der Waals surface area (Å²) in [7, 11) is 0. The largest absolute Gasteiger partial charge is 0.477 e. The third-order valence-corrected chi connectivity index (χ3v) is 2.11. The predicted molar refractivity (Wildman–Crippen MR) is 70.2 cm³/mol. The molecule has 0 amide bonds. The lowest BCUT2D eigenvalue weighted by Gasteiger charge is -2.19. The van der Waals surface area contributed by atoms with Crippen LogP contribution < -0.4 is 4.74 Å². The van der Waals surface area contributed by atoms with Gasteiger partial charge in [0.25, 0.3) is 0 Å². The number of aromatic nitrogens is 1. The molecule has 0 radical (unpaired) electrons. The van der Waals surface area contributed by atoms with Gasteiger partial charge in [0.05, 0.1) is 12.2 Å². The second kappa shape index (κ2) is 6.87. The molecule has 0 saturated carbocycles. The minimum atomic E-state index is -0.469. The molecular formula is C14H19NO4. The maximum absolute atomic E-state index is 11.4. The number of carbonyl (C=O) groups is 2. The maximum Gasteiger partial charge on any atom is 0.306 e. The summed E-state index contributed by atoms with van der Waals surface area (Å²) in [6.07, 6.45) is 3.04. The highest BCUT2D eigenvalue weighted by Gasteiger charge is 2.15. The van der Waals surface area contributed by atoms with E-state index < -0.39 is 5.60 Å². The molecule has 5 heteroatoms. The standard InChI is InChI=1S/C14H19NO4/c1-14(2,3)19-12(17)7-5-9-18-13-11(10-16)6-4-8-15-13/h4,6,8,10H,5,7,9H2,1-3H3. The van der Waals surface area contributed by atoms with Gasteiger partial charge in [0.1, 0.15) is 5.60 Å². The molecule has 5 nitrogen and oxygen atoms in total. The molecule has 19 heavy (non-hydrogen) atoms. The Morgan fingerprint density at radius 3 is 2.79 bits per heavy atom. The first-order chi connectivity index (χ1) is 8.92. The smallest absolute Gasteiger partial charge is 0.306 e. The number of carbonyl (C=O) groups excluding carboxylic acids is 2. The van der Waals surface area contributed by atoms with Crippen molar-refractivity contribution in [3.8, 4) is 5.88 Å². The summed E-state index contributed by atoms with van der Waals surface area (Å²) in [5.74, 6) is 0.0365. The molecule has 1 aromatic heterocycles. The summed E-state index contributed by atoms with van der Waals surface area (Å²) < 4.78 is 10.5. The number of pyridine rings is 1. The normalized spacial score (nSPS) is 10.9. The van der Waals surface area contributed by atoms with Crippen LogP contribution in [0.1, 0.15) is 44.0 Å². The fraction of sp³-hybridized carbons (Fsp3) is 0.500. The Morgan fingerprint density at radius 1 is 1.42 bits per heavy atom. The quantitative estimate of drug-likeness (QED) is 0.449. The van der Waals surface area contributed by atoms with Crippen LogP contribution in [0.25, 0.3) is 0 Å². The number of hydrogen-bond acceptors (Lipinski definition) is 5. The van der Waals surface area contributed by atoms with Crippen LogP contribution >= 0.6 is 0 Å². The minimum Gasteiger partial charge on any atom is -0.477 e. The molecule has 0 unspecified atom stereocenters. The van der Waals surface area contributed by atoms with Crippen molar-refractivity contribution in [3.05, 3.63) is 23.9 Å². The zero-order valence-electron chi connectivity index (χ0n) is 11.5. The van der Waals surface area contributed by atoms with Crippen molar-refractivity contribution in [2.45, 2.75) is 39.2 Å². The third-order valence-electron chi connectivity index (χ3n) is 2.11. The predicted octanol–water partition coefficient (Wildman–Crippen LogP) is 2.39. The van der Waals surface area contributed by atoms with Gasteiger partial charge < -0.3 is 9.47 Å². The molecule has 0 N–H and O–H groups in total. The van der Waals surface area contributed by atoms with Crippen molar-refractivity contribution in [2.24, 2.45) is 0 Å². The average Bonchev–Trinajstić information content (AvgIpc) is 2.33. The zero-order valence-corrected chi connectivity index (χ0v) is 11.5. The second-order valence-electron chi connectivity index (χ2n) is 5.05. The van der Waals surface area contributed by atoms with Crippen LogP contribution in [0.5, 0.6) is 5.88 Å². The Morgan fingerprint density at radius 2 is 2.16 bits per heavy atom. The van der Waals surface area contributed by atoms with Crippen molar-refractivity contribution >= 4 is 12.3 Å². The molecule has 0 spiro atoms. The number of ether oxygens (including phenoxy) is 2. The second-order valence-corrected chi connectivity index (χ2v) is 5.05. The third kappa shape index (κ3) is 5.99. The number of esters is 1. The molecule has 1 rings (SSSR count). The zero-order chi connectivity index (χ0) is 14.3. The summed E-state index contributed by atoms with van der Waals surface area (Å²) in [4.78, 5) is 26.1. The van der Waals surface area contributed by atoms with E-state index in [1.54, 1.807) is 18.3 Å². The van der Waals surface area contributed by atoms with Crippen LogP contribution in [0.3, 0.4) is 0 Å². The Balaban J connectivity index is 2.31. The van der Waals surface area contributed by atoms with Crippen molar-refractivity contribution < 1.29 is 19.1 Å². The van der Waals surface area contributed by atoms with Crippen molar-refractivity contribution in [1.82, 2.24) is 4.98 Å². The van der Waals surface area contributed by atoms with E-state index in [1.807, 2.05) is 20.8 Å². The van der Waals surface area contributed by atoms with E-state index in [-0.39, 0.29) is 12.4 Å². The summed E-state index contributed by atoms with van der Waals surface area (Å²) in [5, 5.41) is 0. The first-order valence-corrected chi connectivity index (χ1v) is 6.17. The van der Waals surface area contributed by atoms with Gasteiger partial charge in [-0.2, -0.15) is 0 Å². The van der Waals surface area contributed by atoms with Gasteiger partial charge in [-0.05, 0) is 39.3 Å². The summed E-state index contributed by atoms with van der Waals surface area (Å²) in [5.41, 5.74) is -0.0661. The van der Waals surface area contributed by atoms with Crippen molar-refractivity contribution in [1.29, 1.82) is 0 Å². The van der Waals surface area contributed by atoms with E-state index in [0.29, 0.717) is 30.8 Å². The molecule has 0 atom stereocenters. The van der Waals surface area contributed by atoms with Gasteiger partial charge >= 0.3 is 5.97 Å². The number of aldehydes is 1. The van der Waals surface area contributed by atoms with Gasteiger partial charge in [0, 0.05) is 12.6 Å². The Kier molecular flexibility index (Phi) is 5.48. The van der Waals surface area contributed by atoms with E-state index in [0.717, 1.165) is 0 Å².